The van der Waals surface area contributed by atoms with Crippen LogP contribution >= 0.6 is 15.9 Å². The number of nitrogens with two attached hydrogens (primary N) is 1. The Morgan fingerprint density at radius 2 is 2.29 bits per heavy atom. The van der Waals surface area contributed by atoms with E-state index in [0.29, 0.717) is 10.2 Å². The first-order valence-corrected chi connectivity index (χ1v) is 4.65. The number of rotatable bonds is 3. The summed E-state index contributed by atoms with van der Waals surface area (Å²) >= 11 is 3.10. The fourth-order valence-electron chi connectivity index (χ4n) is 1.01. The van der Waals surface area contributed by atoms with E-state index in [1.165, 1.54) is 19.2 Å². The number of benzene rings is 1. The van der Waals surface area contributed by atoms with Crippen molar-refractivity contribution in [3.8, 4) is 5.75 Å². The molecular formula is C9H9BrFNO2. The minimum Gasteiger partial charge on any atom is -0.496 e. The lowest BCUT2D eigenvalue weighted by atomic mass is 10.1. The lowest BCUT2D eigenvalue weighted by Gasteiger charge is -2.06. The van der Waals surface area contributed by atoms with E-state index in [-0.39, 0.29) is 12.1 Å². The minimum absolute atomic E-state index is 0.0486. The lowest BCUT2D eigenvalue weighted by Crippen LogP contribution is -2.15. The van der Waals surface area contributed by atoms with Gasteiger partial charge in [-0.25, -0.2) is 4.39 Å². The van der Waals surface area contributed by atoms with Crippen molar-refractivity contribution in [2.45, 2.75) is 0 Å². The third kappa shape index (κ3) is 2.10. The van der Waals surface area contributed by atoms with E-state index in [1.807, 2.05) is 0 Å². The highest BCUT2D eigenvalue weighted by molar-refractivity contribution is 9.10. The van der Waals surface area contributed by atoms with Gasteiger partial charge in [0.2, 0.25) is 0 Å². The van der Waals surface area contributed by atoms with E-state index in [2.05, 4.69) is 15.9 Å². The molecule has 0 aliphatic heterocycles. The predicted molar refractivity (Wildman–Crippen MR) is 54.0 cm³/mol. The Balaban J connectivity index is 3.24. The molecule has 0 aliphatic rings. The molecule has 76 valence electrons. The monoisotopic (exact) mass is 261 g/mol. The summed E-state index contributed by atoms with van der Waals surface area (Å²) < 4.78 is 18.6. The third-order valence-electron chi connectivity index (χ3n) is 1.73. The number of carbonyl (C=O) groups excluding carboxylic acids is 1. The van der Waals surface area contributed by atoms with E-state index >= 15 is 0 Å². The van der Waals surface area contributed by atoms with Crippen molar-refractivity contribution in [2.24, 2.45) is 5.73 Å². The van der Waals surface area contributed by atoms with Gasteiger partial charge in [0.1, 0.15) is 11.6 Å². The Labute approximate surface area is 89.2 Å². The van der Waals surface area contributed by atoms with Crippen molar-refractivity contribution >= 4 is 21.7 Å². The molecule has 0 spiro atoms. The highest BCUT2D eigenvalue weighted by Crippen LogP contribution is 2.27. The Hall–Kier alpha value is -0.940. The third-order valence-corrected chi connectivity index (χ3v) is 2.35. The second-order valence-corrected chi connectivity index (χ2v) is 3.45. The van der Waals surface area contributed by atoms with Crippen LogP contribution in [0.1, 0.15) is 10.4 Å². The van der Waals surface area contributed by atoms with Crippen LogP contribution in [0.5, 0.6) is 5.75 Å². The fourth-order valence-corrected chi connectivity index (χ4v) is 1.49. The molecule has 0 atom stereocenters. The van der Waals surface area contributed by atoms with Crippen molar-refractivity contribution in [1.29, 1.82) is 0 Å². The number of ether oxygens (including phenoxy) is 1. The van der Waals surface area contributed by atoms with Crippen molar-refractivity contribution in [3.63, 3.8) is 0 Å². The van der Waals surface area contributed by atoms with Gasteiger partial charge in [0.15, 0.2) is 5.78 Å². The molecule has 3 nitrogen and oxygen atoms in total. The van der Waals surface area contributed by atoms with E-state index < -0.39 is 11.6 Å². The molecular weight excluding hydrogens is 253 g/mol. The average Bonchev–Trinajstić information content (AvgIpc) is 2.17. The topological polar surface area (TPSA) is 52.3 Å². The molecule has 0 amide bonds. The van der Waals surface area contributed by atoms with Crippen LogP contribution in [0.3, 0.4) is 0 Å². The molecule has 0 fully saturated rings. The highest BCUT2D eigenvalue weighted by Gasteiger charge is 2.13. The first-order chi connectivity index (χ1) is 6.60. The maximum Gasteiger partial charge on any atom is 0.179 e. The molecule has 0 aromatic heterocycles. The largest absolute Gasteiger partial charge is 0.496 e. The summed E-state index contributed by atoms with van der Waals surface area (Å²) in [7, 11) is 1.44. The van der Waals surface area contributed by atoms with Crippen molar-refractivity contribution < 1.29 is 13.9 Å². The SMILES string of the molecule is COc1cc(C(=O)CN)c(F)cc1Br. The molecule has 0 bridgehead atoms. The molecule has 1 aromatic rings. The van der Waals surface area contributed by atoms with Crippen LogP contribution in [0, 0.1) is 5.82 Å². The Kier molecular flexibility index (Phi) is 3.60. The summed E-state index contributed by atoms with van der Waals surface area (Å²) in [6, 6.07) is 2.51. The maximum absolute atomic E-state index is 13.2. The summed E-state index contributed by atoms with van der Waals surface area (Å²) in [5.41, 5.74) is 5.09. The molecule has 0 radical (unpaired) electrons. The molecule has 0 saturated heterocycles. The number of ketones is 1. The minimum atomic E-state index is -0.604. The molecule has 0 saturated carbocycles. The Bertz CT molecular complexity index is 368. The highest BCUT2D eigenvalue weighted by atomic mass is 79.9. The Morgan fingerprint density at radius 3 is 2.79 bits per heavy atom. The number of methoxy groups -OCH3 is 1. The van der Waals surface area contributed by atoms with Crippen LogP contribution in [-0.4, -0.2) is 19.4 Å². The van der Waals surface area contributed by atoms with Crippen LogP contribution in [-0.2, 0) is 0 Å². The molecule has 2 N–H and O–H groups in total. The number of carbonyl (C=O) groups is 1. The number of hydrogen-bond acceptors (Lipinski definition) is 3. The fraction of sp³-hybridized carbons (Fsp3) is 0.222. The Morgan fingerprint density at radius 1 is 1.64 bits per heavy atom. The molecule has 1 rings (SSSR count). The van der Waals surface area contributed by atoms with E-state index in [0.717, 1.165) is 0 Å². The zero-order valence-electron chi connectivity index (χ0n) is 7.51. The van der Waals surface area contributed by atoms with Gasteiger partial charge in [-0.2, -0.15) is 0 Å². The van der Waals surface area contributed by atoms with Crippen LogP contribution in [0.4, 0.5) is 4.39 Å². The smallest absolute Gasteiger partial charge is 0.179 e. The second-order valence-electron chi connectivity index (χ2n) is 2.59. The van der Waals surface area contributed by atoms with Crippen LogP contribution in [0.2, 0.25) is 0 Å². The summed E-state index contributed by atoms with van der Waals surface area (Å²) in [6.07, 6.45) is 0. The summed E-state index contributed by atoms with van der Waals surface area (Å²) in [5, 5.41) is 0. The van der Waals surface area contributed by atoms with E-state index in [9.17, 15) is 9.18 Å². The van der Waals surface area contributed by atoms with E-state index in [1.54, 1.807) is 0 Å². The number of hydrogen-bond donors (Lipinski definition) is 1. The van der Waals surface area contributed by atoms with Crippen molar-refractivity contribution in [1.82, 2.24) is 0 Å². The molecule has 0 aliphatic carbocycles. The normalized spacial score (nSPS) is 10.0. The van der Waals surface area contributed by atoms with Crippen LogP contribution in [0.25, 0.3) is 0 Å². The van der Waals surface area contributed by atoms with Gasteiger partial charge in [-0.1, -0.05) is 0 Å². The predicted octanol–water partition coefficient (Wildman–Crippen LogP) is 1.74. The number of halogens is 2. The molecule has 14 heavy (non-hydrogen) atoms. The zero-order valence-corrected chi connectivity index (χ0v) is 9.10. The average molecular weight is 262 g/mol. The second kappa shape index (κ2) is 4.52. The maximum atomic E-state index is 13.2. The van der Waals surface area contributed by atoms with Gasteiger partial charge >= 0.3 is 0 Å². The van der Waals surface area contributed by atoms with Crippen LogP contribution in [0.15, 0.2) is 16.6 Å². The lowest BCUT2D eigenvalue weighted by molar-refractivity contribution is 0.0997. The zero-order chi connectivity index (χ0) is 10.7. The first-order valence-electron chi connectivity index (χ1n) is 3.86. The van der Waals surface area contributed by atoms with Crippen molar-refractivity contribution in [2.75, 3.05) is 13.7 Å². The van der Waals surface area contributed by atoms with E-state index in [4.69, 9.17) is 10.5 Å². The molecule has 5 heteroatoms. The summed E-state index contributed by atoms with van der Waals surface area (Å²) in [4.78, 5) is 11.2. The molecule has 1 aromatic carbocycles. The molecule has 0 heterocycles. The quantitative estimate of drug-likeness (QED) is 0.844. The van der Waals surface area contributed by atoms with Gasteiger partial charge < -0.3 is 10.5 Å². The van der Waals surface area contributed by atoms with Gasteiger partial charge in [0.05, 0.1) is 23.7 Å². The number of Topliss-reactive ketones (excluding diaryl/α,β-unsaturated/α-hetero) is 1. The first kappa shape index (κ1) is 11.1. The standard InChI is InChI=1S/C9H9BrFNO2/c1-14-9-2-5(8(13)4-12)7(11)3-6(9)10/h2-3H,4,12H2,1H3. The summed E-state index contributed by atoms with van der Waals surface area (Å²) in [5.74, 6) is -0.648. The van der Waals surface area contributed by atoms with Crippen molar-refractivity contribution in [3.05, 3.63) is 28.0 Å². The van der Waals surface area contributed by atoms with Gasteiger partial charge in [0, 0.05) is 0 Å². The van der Waals surface area contributed by atoms with Gasteiger partial charge in [0.25, 0.3) is 0 Å². The van der Waals surface area contributed by atoms with Crippen LogP contribution < -0.4 is 10.5 Å². The van der Waals surface area contributed by atoms with Gasteiger partial charge in [-0.15, -0.1) is 0 Å². The summed E-state index contributed by atoms with van der Waals surface area (Å²) in [6.45, 7) is -0.221. The van der Waals surface area contributed by atoms with Gasteiger partial charge in [-0.3, -0.25) is 4.79 Å². The van der Waals surface area contributed by atoms with Gasteiger partial charge in [-0.05, 0) is 28.1 Å². The molecule has 0 unspecified atom stereocenters.